The molecule has 0 saturated heterocycles. The number of phenols is 1. The van der Waals surface area contributed by atoms with E-state index < -0.39 is 0 Å². The standard InChI is InChI=1S/C13H14N2O3/c1-9-7-12(18-14-9)13(17)15(2)8-10-3-5-11(16)6-4-10/h3-7,16H,8H2,1-2H3. The number of carbonyl (C=O) groups is 1. The molecule has 1 aromatic carbocycles. The van der Waals surface area contributed by atoms with Gasteiger partial charge in [0.05, 0.1) is 5.69 Å². The summed E-state index contributed by atoms with van der Waals surface area (Å²) in [6.07, 6.45) is 0. The molecule has 5 nitrogen and oxygen atoms in total. The Morgan fingerprint density at radius 1 is 1.39 bits per heavy atom. The first-order chi connectivity index (χ1) is 8.56. The van der Waals surface area contributed by atoms with Crippen molar-refractivity contribution in [1.29, 1.82) is 0 Å². The second-order valence-electron chi connectivity index (χ2n) is 4.16. The van der Waals surface area contributed by atoms with Crippen LogP contribution in [0.4, 0.5) is 0 Å². The maximum Gasteiger partial charge on any atom is 0.292 e. The largest absolute Gasteiger partial charge is 0.508 e. The highest BCUT2D eigenvalue weighted by Crippen LogP contribution is 2.13. The van der Waals surface area contributed by atoms with Crippen LogP contribution in [0.5, 0.6) is 5.75 Å². The fourth-order valence-electron chi connectivity index (χ4n) is 1.60. The molecule has 0 saturated carbocycles. The van der Waals surface area contributed by atoms with E-state index in [0.29, 0.717) is 12.2 Å². The van der Waals surface area contributed by atoms with Gasteiger partial charge in [0.1, 0.15) is 5.75 Å². The van der Waals surface area contributed by atoms with Gasteiger partial charge in [-0.3, -0.25) is 4.79 Å². The van der Waals surface area contributed by atoms with E-state index in [1.54, 1.807) is 44.3 Å². The summed E-state index contributed by atoms with van der Waals surface area (Å²) >= 11 is 0. The van der Waals surface area contributed by atoms with Gasteiger partial charge in [0.15, 0.2) is 0 Å². The Morgan fingerprint density at radius 2 is 2.06 bits per heavy atom. The highest BCUT2D eigenvalue weighted by Gasteiger charge is 2.16. The third kappa shape index (κ3) is 2.68. The molecule has 0 bridgehead atoms. The predicted octanol–water partition coefficient (Wildman–Crippen LogP) is 1.96. The molecule has 1 aromatic heterocycles. The first kappa shape index (κ1) is 12.2. The molecule has 1 amide bonds. The van der Waals surface area contributed by atoms with Gasteiger partial charge < -0.3 is 14.5 Å². The predicted molar refractivity (Wildman–Crippen MR) is 65.1 cm³/mol. The molecule has 0 radical (unpaired) electrons. The van der Waals surface area contributed by atoms with Crippen LogP contribution in [0.1, 0.15) is 21.8 Å². The Kier molecular flexibility index (Phi) is 3.32. The van der Waals surface area contributed by atoms with Crippen LogP contribution in [-0.4, -0.2) is 28.1 Å². The molecule has 0 aliphatic carbocycles. The number of aromatic hydroxyl groups is 1. The summed E-state index contributed by atoms with van der Waals surface area (Å²) in [5, 5.41) is 12.9. The third-order valence-electron chi connectivity index (χ3n) is 2.54. The summed E-state index contributed by atoms with van der Waals surface area (Å²) < 4.78 is 4.92. The van der Waals surface area contributed by atoms with Gasteiger partial charge in [0.2, 0.25) is 5.76 Å². The smallest absolute Gasteiger partial charge is 0.292 e. The number of phenolic OH excluding ortho intramolecular Hbond substituents is 1. The number of aryl methyl sites for hydroxylation is 1. The Morgan fingerprint density at radius 3 is 2.61 bits per heavy atom. The molecule has 0 aliphatic heterocycles. The lowest BCUT2D eigenvalue weighted by molar-refractivity contribution is 0.0743. The van der Waals surface area contributed by atoms with Crippen LogP contribution in [0.25, 0.3) is 0 Å². The first-order valence-corrected chi connectivity index (χ1v) is 5.53. The number of nitrogens with zero attached hydrogens (tertiary/aromatic N) is 2. The number of rotatable bonds is 3. The minimum absolute atomic E-state index is 0.207. The number of hydrogen-bond acceptors (Lipinski definition) is 4. The van der Waals surface area contributed by atoms with Gasteiger partial charge in [-0.15, -0.1) is 0 Å². The Hall–Kier alpha value is -2.30. The van der Waals surface area contributed by atoms with Gasteiger partial charge in [-0.2, -0.15) is 0 Å². The molecule has 1 N–H and O–H groups in total. The molecule has 0 unspecified atom stereocenters. The van der Waals surface area contributed by atoms with Crippen molar-refractivity contribution < 1.29 is 14.4 Å². The van der Waals surface area contributed by atoms with Crippen LogP contribution in [0.3, 0.4) is 0 Å². The van der Waals surface area contributed by atoms with E-state index in [1.807, 2.05) is 0 Å². The maximum absolute atomic E-state index is 12.0. The number of carbonyl (C=O) groups excluding carboxylic acids is 1. The van der Waals surface area contributed by atoms with Crippen molar-refractivity contribution in [2.75, 3.05) is 7.05 Å². The van der Waals surface area contributed by atoms with Crippen molar-refractivity contribution in [3.63, 3.8) is 0 Å². The number of amides is 1. The second kappa shape index (κ2) is 4.91. The molecule has 94 valence electrons. The highest BCUT2D eigenvalue weighted by atomic mass is 16.5. The maximum atomic E-state index is 12.0. The average molecular weight is 246 g/mol. The Balaban J connectivity index is 2.05. The second-order valence-corrected chi connectivity index (χ2v) is 4.16. The van der Waals surface area contributed by atoms with Crippen molar-refractivity contribution in [2.45, 2.75) is 13.5 Å². The van der Waals surface area contributed by atoms with E-state index in [1.165, 1.54) is 4.90 Å². The highest BCUT2D eigenvalue weighted by molar-refractivity contribution is 5.91. The van der Waals surface area contributed by atoms with Crippen molar-refractivity contribution >= 4 is 5.91 Å². The van der Waals surface area contributed by atoms with E-state index in [2.05, 4.69) is 5.16 Å². The zero-order valence-corrected chi connectivity index (χ0v) is 10.3. The Labute approximate surface area is 105 Å². The molecule has 0 fully saturated rings. The summed E-state index contributed by atoms with van der Waals surface area (Å²) in [6.45, 7) is 2.21. The Bertz CT molecular complexity index is 546. The van der Waals surface area contributed by atoms with Crippen LogP contribution in [0.2, 0.25) is 0 Å². The van der Waals surface area contributed by atoms with Crippen molar-refractivity contribution in [2.24, 2.45) is 0 Å². The van der Waals surface area contributed by atoms with Crippen molar-refractivity contribution in [3.8, 4) is 5.75 Å². The van der Waals surface area contributed by atoms with Crippen LogP contribution in [0.15, 0.2) is 34.9 Å². The molecule has 18 heavy (non-hydrogen) atoms. The fraction of sp³-hybridized carbons (Fsp3) is 0.231. The summed E-state index contributed by atoms with van der Waals surface area (Å²) in [6, 6.07) is 8.32. The van der Waals surface area contributed by atoms with Gasteiger partial charge in [0, 0.05) is 19.7 Å². The van der Waals surface area contributed by atoms with E-state index in [0.717, 1.165) is 5.56 Å². The van der Waals surface area contributed by atoms with E-state index in [-0.39, 0.29) is 17.4 Å². The zero-order chi connectivity index (χ0) is 13.1. The minimum atomic E-state index is -0.219. The van der Waals surface area contributed by atoms with Gasteiger partial charge in [-0.25, -0.2) is 0 Å². The van der Waals surface area contributed by atoms with Gasteiger partial charge in [-0.1, -0.05) is 17.3 Å². The molecule has 2 rings (SSSR count). The summed E-state index contributed by atoms with van der Waals surface area (Å²) in [5.74, 6) is 0.219. The lowest BCUT2D eigenvalue weighted by atomic mass is 10.2. The third-order valence-corrected chi connectivity index (χ3v) is 2.54. The minimum Gasteiger partial charge on any atom is -0.508 e. The monoisotopic (exact) mass is 246 g/mol. The molecule has 2 aromatic rings. The molecule has 0 spiro atoms. The van der Waals surface area contributed by atoms with Crippen molar-refractivity contribution in [1.82, 2.24) is 10.1 Å². The van der Waals surface area contributed by atoms with Gasteiger partial charge >= 0.3 is 0 Å². The van der Waals surface area contributed by atoms with E-state index >= 15 is 0 Å². The number of hydrogen-bond donors (Lipinski definition) is 1. The first-order valence-electron chi connectivity index (χ1n) is 5.53. The normalized spacial score (nSPS) is 10.3. The van der Waals surface area contributed by atoms with Crippen LogP contribution >= 0.6 is 0 Å². The molecule has 0 aliphatic rings. The lowest BCUT2D eigenvalue weighted by Gasteiger charge is -2.15. The fourth-order valence-corrected chi connectivity index (χ4v) is 1.60. The summed E-state index contributed by atoms with van der Waals surface area (Å²) in [7, 11) is 1.69. The zero-order valence-electron chi connectivity index (χ0n) is 10.3. The van der Waals surface area contributed by atoms with Crippen LogP contribution < -0.4 is 0 Å². The molecular formula is C13H14N2O3. The van der Waals surface area contributed by atoms with Gasteiger partial charge in [0.25, 0.3) is 5.91 Å². The SMILES string of the molecule is Cc1cc(C(=O)N(C)Cc2ccc(O)cc2)on1. The van der Waals surface area contributed by atoms with E-state index in [9.17, 15) is 9.90 Å². The topological polar surface area (TPSA) is 66.6 Å². The van der Waals surface area contributed by atoms with E-state index in [4.69, 9.17) is 4.52 Å². The van der Waals surface area contributed by atoms with Crippen molar-refractivity contribution in [3.05, 3.63) is 47.3 Å². The molecular weight excluding hydrogens is 232 g/mol. The number of aromatic nitrogens is 1. The van der Waals surface area contributed by atoms with Gasteiger partial charge in [-0.05, 0) is 24.6 Å². The average Bonchev–Trinajstić information content (AvgIpc) is 2.78. The number of benzene rings is 1. The summed E-state index contributed by atoms with van der Waals surface area (Å²) in [5.41, 5.74) is 1.61. The quantitative estimate of drug-likeness (QED) is 0.899. The van der Waals surface area contributed by atoms with Crippen LogP contribution in [-0.2, 0) is 6.54 Å². The molecule has 1 heterocycles. The summed E-state index contributed by atoms with van der Waals surface area (Å²) in [4.78, 5) is 13.5. The molecule has 0 atom stereocenters. The van der Waals surface area contributed by atoms with Crippen LogP contribution in [0, 0.1) is 6.92 Å². The molecule has 5 heteroatoms. The lowest BCUT2D eigenvalue weighted by Crippen LogP contribution is -2.25.